The summed E-state index contributed by atoms with van der Waals surface area (Å²) in [6.45, 7) is 3.70. The summed E-state index contributed by atoms with van der Waals surface area (Å²) in [4.78, 5) is 23.5. The van der Waals surface area contributed by atoms with Crippen LogP contribution in [0.4, 0.5) is 0 Å². The van der Waals surface area contributed by atoms with E-state index in [0.29, 0.717) is 5.92 Å². The van der Waals surface area contributed by atoms with Crippen molar-refractivity contribution >= 4 is 24.3 Å². The Bertz CT molecular complexity index is 316. The molecule has 2 rings (SSSR count). The molecule has 2 unspecified atom stereocenters. The second-order valence-corrected chi connectivity index (χ2v) is 5.05. The Morgan fingerprint density at radius 3 is 2.28 bits per heavy atom. The van der Waals surface area contributed by atoms with Gasteiger partial charge in [0, 0.05) is 5.92 Å². The Morgan fingerprint density at radius 1 is 1.28 bits per heavy atom. The molecule has 5 nitrogen and oxygen atoms in total. The molecule has 1 saturated heterocycles. The highest BCUT2D eigenvalue weighted by molar-refractivity contribution is 5.86. The Hall–Kier alpha value is -0.810. The first-order valence-corrected chi connectivity index (χ1v) is 6.22. The van der Waals surface area contributed by atoms with Gasteiger partial charge in [-0.25, -0.2) is 4.79 Å². The van der Waals surface area contributed by atoms with Crippen LogP contribution in [0, 0.1) is 17.8 Å². The highest BCUT2D eigenvalue weighted by Gasteiger charge is 2.39. The molecule has 1 saturated carbocycles. The summed E-state index contributed by atoms with van der Waals surface area (Å²) in [7, 11) is 1.36. The number of carbonyl (C=O) groups excluding carboxylic acids is 2. The first kappa shape index (κ1) is 15.2. The molecule has 6 heteroatoms. The van der Waals surface area contributed by atoms with Gasteiger partial charge >= 0.3 is 5.97 Å². The summed E-state index contributed by atoms with van der Waals surface area (Å²) < 4.78 is 4.73. The van der Waals surface area contributed by atoms with Gasteiger partial charge in [0.2, 0.25) is 5.91 Å². The fourth-order valence-electron chi connectivity index (χ4n) is 2.09. The van der Waals surface area contributed by atoms with Crippen LogP contribution in [-0.4, -0.2) is 38.1 Å². The maximum absolute atomic E-state index is 12.0. The molecule has 0 radical (unpaired) electrons. The van der Waals surface area contributed by atoms with Gasteiger partial charge in [-0.3, -0.25) is 4.79 Å². The summed E-state index contributed by atoms with van der Waals surface area (Å²) in [5, 5.41) is 5.98. The van der Waals surface area contributed by atoms with Crippen molar-refractivity contribution in [3.63, 3.8) is 0 Å². The highest BCUT2D eigenvalue weighted by atomic mass is 35.5. The molecular formula is C12H21ClN2O3. The summed E-state index contributed by atoms with van der Waals surface area (Å²) in [5.74, 6) is 0.284. The van der Waals surface area contributed by atoms with Gasteiger partial charge in [0.1, 0.15) is 6.04 Å². The molecule has 2 aliphatic rings. The van der Waals surface area contributed by atoms with Crippen LogP contribution >= 0.6 is 12.4 Å². The summed E-state index contributed by atoms with van der Waals surface area (Å²) in [6.07, 6.45) is 2.00. The predicted octanol–water partition coefficient (Wildman–Crippen LogP) is 0.331. The Morgan fingerprint density at radius 2 is 1.89 bits per heavy atom. The van der Waals surface area contributed by atoms with E-state index in [2.05, 4.69) is 10.6 Å². The van der Waals surface area contributed by atoms with Crippen LogP contribution < -0.4 is 10.6 Å². The minimum absolute atomic E-state index is 0. The van der Waals surface area contributed by atoms with E-state index < -0.39 is 6.04 Å². The molecule has 0 bridgehead atoms. The summed E-state index contributed by atoms with van der Waals surface area (Å²) in [6, 6.07) is -0.442. The lowest BCUT2D eigenvalue weighted by Gasteiger charge is -2.32. The largest absolute Gasteiger partial charge is 0.467 e. The maximum atomic E-state index is 12.0. The summed E-state index contributed by atoms with van der Waals surface area (Å²) in [5.41, 5.74) is 0. The van der Waals surface area contributed by atoms with Crippen LogP contribution in [0.15, 0.2) is 0 Å². The maximum Gasteiger partial charge on any atom is 0.328 e. The number of methoxy groups -OCH3 is 1. The number of halogens is 1. The van der Waals surface area contributed by atoms with E-state index in [9.17, 15) is 9.59 Å². The third-order valence-corrected chi connectivity index (χ3v) is 3.78. The minimum atomic E-state index is -0.442. The minimum Gasteiger partial charge on any atom is -0.467 e. The second kappa shape index (κ2) is 6.38. The standard InChI is InChI=1S/C12H20N2O3.ClH/c1-7(9-5-13-6-9)11(15)14-10(8-3-4-8)12(16)17-2;/h7-10,13H,3-6H2,1-2H3,(H,14,15);1H. The lowest BCUT2D eigenvalue weighted by atomic mass is 9.88. The van der Waals surface area contributed by atoms with Crippen molar-refractivity contribution < 1.29 is 14.3 Å². The van der Waals surface area contributed by atoms with Crippen molar-refractivity contribution in [2.75, 3.05) is 20.2 Å². The van der Waals surface area contributed by atoms with Crippen molar-refractivity contribution in [1.82, 2.24) is 10.6 Å². The number of ether oxygens (including phenoxy) is 1. The molecule has 1 aliphatic carbocycles. The average molecular weight is 277 g/mol. The van der Waals surface area contributed by atoms with Crippen molar-refractivity contribution in [3.05, 3.63) is 0 Å². The SMILES string of the molecule is COC(=O)C(NC(=O)C(C)C1CNC1)C1CC1.Cl. The van der Waals surface area contributed by atoms with Gasteiger partial charge in [-0.1, -0.05) is 6.92 Å². The van der Waals surface area contributed by atoms with Gasteiger partial charge in [-0.15, -0.1) is 12.4 Å². The predicted molar refractivity (Wildman–Crippen MR) is 69.4 cm³/mol. The second-order valence-electron chi connectivity index (χ2n) is 5.05. The number of hydrogen-bond donors (Lipinski definition) is 2. The zero-order valence-electron chi connectivity index (χ0n) is 10.8. The topological polar surface area (TPSA) is 67.4 Å². The van der Waals surface area contributed by atoms with Gasteiger partial charge in [0.25, 0.3) is 0 Å². The van der Waals surface area contributed by atoms with Gasteiger partial charge in [0.15, 0.2) is 0 Å². The van der Waals surface area contributed by atoms with E-state index in [1.54, 1.807) is 0 Å². The zero-order chi connectivity index (χ0) is 12.4. The van der Waals surface area contributed by atoms with Crippen LogP contribution in [-0.2, 0) is 14.3 Å². The lowest BCUT2D eigenvalue weighted by molar-refractivity contribution is -0.146. The van der Waals surface area contributed by atoms with Crippen LogP contribution in [0.1, 0.15) is 19.8 Å². The number of esters is 1. The Kier molecular flexibility index (Phi) is 5.41. The molecule has 1 aliphatic heterocycles. The number of amides is 1. The monoisotopic (exact) mass is 276 g/mol. The van der Waals surface area contributed by atoms with Crippen LogP contribution in [0.2, 0.25) is 0 Å². The molecule has 0 aromatic carbocycles. The zero-order valence-corrected chi connectivity index (χ0v) is 11.6. The van der Waals surface area contributed by atoms with E-state index in [1.165, 1.54) is 7.11 Å². The fraction of sp³-hybridized carbons (Fsp3) is 0.833. The molecule has 2 fully saturated rings. The molecular weight excluding hydrogens is 256 g/mol. The number of hydrogen-bond acceptors (Lipinski definition) is 4. The third kappa shape index (κ3) is 3.36. The van der Waals surface area contributed by atoms with Gasteiger partial charge in [-0.05, 0) is 37.8 Å². The lowest BCUT2D eigenvalue weighted by Crippen LogP contribution is -2.52. The molecule has 2 atom stereocenters. The molecule has 1 heterocycles. The van der Waals surface area contributed by atoms with E-state index in [1.807, 2.05) is 6.92 Å². The molecule has 1 amide bonds. The highest BCUT2D eigenvalue weighted by Crippen LogP contribution is 2.33. The first-order chi connectivity index (χ1) is 8.13. The van der Waals surface area contributed by atoms with Crippen molar-refractivity contribution in [1.29, 1.82) is 0 Å². The molecule has 18 heavy (non-hydrogen) atoms. The van der Waals surface area contributed by atoms with E-state index in [-0.39, 0.29) is 36.1 Å². The molecule has 0 spiro atoms. The van der Waals surface area contributed by atoms with Crippen molar-refractivity contribution in [2.45, 2.75) is 25.8 Å². The fourth-order valence-corrected chi connectivity index (χ4v) is 2.09. The van der Waals surface area contributed by atoms with Gasteiger partial charge < -0.3 is 15.4 Å². The van der Waals surface area contributed by atoms with Crippen LogP contribution in [0.25, 0.3) is 0 Å². The number of carbonyl (C=O) groups is 2. The summed E-state index contributed by atoms with van der Waals surface area (Å²) >= 11 is 0. The first-order valence-electron chi connectivity index (χ1n) is 6.22. The van der Waals surface area contributed by atoms with Gasteiger partial charge in [0.05, 0.1) is 7.11 Å². The Balaban J connectivity index is 0.00000162. The van der Waals surface area contributed by atoms with Crippen molar-refractivity contribution in [2.24, 2.45) is 17.8 Å². The quantitative estimate of drug-likeness (QED) is 0.710. The van der Waals surface area contributed by atoms with Crippen molar-refractivity contribution in [3.8, 4) is 0 Å². The molecule has 0 aromatic rings. The van der Waals surface area contributed by atoms with E-state index in [4.69, 9.17) is 4.74 Å². The normalized spacial score (nSPS) is 22.1. The molecule has 2 N–H and O–H groups in total. The Labute approximate surface area is 113 Å². The van der Waals surface area contributed by atoms with Crippen LogP contribution in [0.5, 0.6) is 0 Å². The number of rotatable bonds is 5. The third-order valence-electron chi connectivity index (χ3n) is 3.78. The number of nitrogens with one attached hydrogen (secondary N) is 2. The van der Waals surface area contributed by atoms with Gasteiger partial charge in [-0.2, -0.15) is 0 Å². The van der Waals surface area contributed by atoms with Crippen LogP contribution in [0.3, 0.4) is 0 Å². The molecule has 0 aromatic heterocycles. The van der Waals surface area contributed by atoms with E-state index in [0.717, 1.165) is 25.9 Å². The molecule has 104 valence electrons. The average Bonchev–Trinajstić information content (AvgIpc) is 3.05. The van der Waals surface area contributed by atoms with E-state index >= 15 is 0 Å². The smallest absolute Gasteiger partial charge is 0.328 e.